The molecule has 14 atom stereocenters. The van der Waals surface area contributed by atoms with Gasteiger partial charge in [0.15, 0.2) is 23.0 Å². The predicted octanol–water partition coefficient (Wildman–Crippen LogP) is -1.85. The zero-order chi connectivity index (χ0) is 35.9. The summed E-state index contributed by atoms with van der Waals surface area (Å²) in [5.74, 6) is 0.854. The average Bonchev–Trinajstić information content (AvgIpc) is 3.75. The third kappa shape index (κ3) is 6.69. The second kappa shape index (κ2) is 15.3. The fourth-order valence-electron chi connectivity index (χ4n) is 6.94. The van der Waals surface area contributed by atoms with Crippen LogP contribution in [0.5, 0.6) is 28.7 Å². The van der Waals surface area contributed by atoms with Gasteiger partial charge in [-0.3, -0.25) is 0 Å². The van der Waals surface area contributed by atoms with Crippen LogP contribution in [0.3, 0.4) is 0 Å². The molecular formula is C33H44O17. The van der Waals surface area contributed by atoms with Crippen molar-refractivity contribution in [2.75, 3.05) is 47.8 Å². The SMILES string of the molecule is COc1cc([C@H]2OC[C@H]3[C@@H]2CO[C@@H]3c2cc(OC)c(O[C@@H]3O[C@@H](CO)[C@H](O)[C@@H](O)[C@@H]3O)c(OC)c2)ccc1O[C@@H]1O[C@@H](CO)[C@H](O)[C@@H](O)[C@@H]1O. The lowest BCUT2D eigenvalue weighted by atomic mass is 9.84. The van der Waals surface area contributed by atoms with Gasteiger partial charge in [-0.1, -0.05) is 6.07 Å². The second-order valence-electron chi connectivity index (χ2n) is 12.6. The van der Waals surface area contributed by atoms with Crippen LogP contribution in [0.2, 0.25) is 0 Å². The van der Waals surface area contributed by atoms with Crippen LogP contribution in [0, 0.1) is 11.8 Å². The van der Waals surface area contributed by atoms with Crippen LogP contribution in [-0.2, 0) is 18.9 Å². The molecule has 0 bridgehead atoms. The Bertz CT molecular complexity index is 1430. The van der Waals surface area contributed by atoms with Gasteiger partial charge >= 0.3 is 0 Å². The van der Waals surface area contributed by atoms with E-state index in [0.29, 0.717) is 24.5 Å². The summed E-state index contributed by atoms with van der Waals surface area (Å²) in [6, 6.07) is 8.53. The van der Waals surface area contributed by atoms with E-state index in [9.17, 15) is 40.9 Å². The van der Waals surface area contributed by atoms with Gasteiger partial charge in [0.25, 0.3) is 0 Å². The van der Waals surface area contributed by atoms with Crippen LogP contribution in [0.25, 0.3) is 0 Å². The molecule has 4 saturated heterocycles. The summed E-state index contributed by atoms with van der Waals surface area (Å²) < 4.78 is 52.1. The lowest BCUT2D eigenvalue weighted by Crippen LogP contribution is -2.60. The van der Waals surface area contributed by atoms with Crippen LogP contribution in [-0.4, -0.2) is 150 Å². The molecule has 8 N–H and O–H groups in total. The first-order chi connectivity index (χ1) is 24.0. The number of ether oxygens (including phenoxy) is 9. The monoisotopic (exact) mass is 712 g/mol. The minimum atomic E-state index is -1.64. The molecule has 17 heteroatoms. The van der Waals surface area contributed by atoms with Crippen LogP contribution in [0.15, 0.2) is 30.3 Å². The molecule has 0 aromatic heterocycles. The van der Waals surface area contributed by atoms with Crippen molar-refractivity contribution < 1.29 is 83.5 Å². The van der Waals surface area contributed by atoms with E-state index in [1.165, 1.54) is 21.3 Å². The van der Waals surface area contributed by atoms with E-state index in [2.05, 4.69) is 0 Å². The number of hydrogen-bond acceptors (Lipinski definition) is 17. The Hall–Kier alpha value is -3.04. The Labute approximate surface area is 287 Å². The molecule has 50 heavy (non-hydrogen) atoms. The standard InChI is InChI=1S/C33H44O17/c1-42-18-6-13(4-5-17(18)47-32-27(40)25(38)23(36)21(9-34)48-32)29-15-11-46-30(16(15)12-45-29)14-7-19(43-2)31(20(8-14)44-3)50-33-28(41)26(39)24(37)22(10-35)49-33/h4-8,15-16,21-30,32-41H,9-12H2,1-3H3/t15-,16-,21-,22-,23-,24-,25+,26+,27-,28-,29+,30+,32+,33-/m0/s1. The zero-order valence-corrected chi connectivity index (χ0v) is 27.6. The van der Waals surface area contributed by atoms with Gasteiger partial charge in [0, 0.05) is 11.8 Å². The number of aliphatic hydroxyl groups excluding tert-OH is 8. The maximum Gasteiger partial charge on any atom is 0.229 e. The molecule has 0 radical (unpaired) electrons. The molecule has 0 aliphatic carbocycles. The van der Waals surface area contributed by atoms with Gasteiger partial charge in [0.05, 0.1) is 60.0 Å². The Morgan fingerprint density at radius 3 is 1.50 bits per heavy atom. The largest absolute Gasteiger partial charge is 0.493 e. The quantitative estimate of drug-likeness (QED) is 0.127. The molecular weight excluding hydrogens is 668 g/mol. The summed E-state index contributed by atoms with van der Waals surface area (Å²) in [5, 5.41) is 80.6. The highest BCUT2D eigenvalue weighted by atomic mass is 16.7. The Morgan fingerprint density at radius 2 is 1.02 bits per heavy atom. The first-order valence-corrected chi connectivity index (χ1v) is 16.2. The van der Waals surface area contributed by atoms with Gasteiger partial charge in [-0.15, -0.1) is 0 Å². The Balaban J connectivity index is 1.18. The molecule has 2 aromatic rings. The molecule has 0 unspecified atom stereocenters. The smallest absolute Gasteiger partial charge is 0.229 e. The molecule has 0 saturated carbocycles. The van der Waals surface area contributed by atoms with E-state index in [1.807, 2.05) is 0 Å². The molecule has 4 fully saturated rings. The molecule has 6 rings (SSSR count). The van der Waals surface area contributed by atoms with Crippen molar-refractivity contribution in [1.82, 2.24) is 0 Å². The summed E-state index contributed by atoms with van der Waals surface area (Å²) in [7, 11) is 4.28. The highest BCUT2D eigenvalue weighted by Crippen LogP contribution is 2.53. The topological polar surface area (TPSA) is 245 Å². The molecule has 4 aliphatic heterocycles. The van der Waals surface area contributed by atoms with Crippen LogP contribution < -0.4 is 23.7 Å². The van der Waals surface area contributed by atoms with E-state index < -0.39 is 80.7 Å². The normalized spacial score (nSPS) is 38.4. The third-order valence-corrected chi connectivity index (χ3v) is 9.77. The molecule has 0 amide bonds. The van der Waals surface area contributed by atoms with E-state index in [-0.39, 0.29) is 40.9 Å². The lowest BCUT2D eigenvalue weighted by molar-refractivity contribution is -0.277. The third-order valence-electron chi connectivity index (χ3n) is 9.77. The van der Waals surface area contributed by atoms with Gasteiger partial charge in [0.1, 0.15) is 48.8 Å². The molecule has 4 aliphatic rings. The average molecular weight is 713 g/mol. The summed E-state index contributed by atoms with van der Waals surface area (Å²) in [4.78, 5) is 0. The van der Waals surface area contributed by atoms with Crippen molar-refractivity contribution >= 4 is 0 Å². The maximum atomic E-state index is 10.5. The van der Waals surface area contributed by atoms with Crippen molar-refractivity contribution in [2.45, 2.75) is 73.6 Å². The number of aliphatic hydroxyl groups is 8. The van der Waals surface area contributed by atoms with E-state index in [0.717, 1.165) is 5.56 Å². The van der Waals surface area contributed by atoms with Gasteiger partial charge in [-0.25, -0.2) is 0 Å². The van der Waals surface area contributed by atoms with E-state index >= 15 is 0 Å². The van der Waals surface area contributed by atoms with Gasteiger partial charge in [0.2, 0.25) is 18.3 Å². The molecule has 2 aromatic carbocycles. The fourth-order valence-corrected chi connectivity index (χ4v) is 6.94. The molecule has 17 nitrogen and oxygen atoms in total. The van der Waals surface area contributed by atoms with E-state index in [1.54, 1.807) is 30.3 Å². The highest BCUT2D eigenvalue weighted by molar-refractivity contribution is 5.55. The highest BCUT2D eigenvalue weighted by Gasteiger charge is 2.50. The summed E-state index contributed by atoms with van der Waals surface area (Å²) >= 11 is 0. The van der Waals surface area contributed by atoms with Crippen molar-refractivity contribution in [2.24, 2.45) is 11.8 Å². The second-order valence-corrected chi connectivity index (χ2v) is 12.6. The molecule has 4 heterocycles. The van der Waals surface area contributed by atoms with Gasteiger partial charge in [-0.05, 0) is 35.4 Å². The van der Waals surface area contributed by atoms with Gasteiger partial charge < -0.3 is 83.5 Å². The van der Waals surface area contributed by atoms with Crippen molar-refractivity contribution in [1.29, 1.82) is 0 Å². The van der Waals surface area contributed by atoms with Crippen LogP contribution in [0.1, 0.15) is 23.3 Å². The van der Waals surface area contributed by atoms with Crippen molar-refractivity contribution in [3.8, 4) is 28.7 Å². The van der Waals surface area contributed by atoms with Gasteiger partial charge in [-0.2, -0.15) is 0 Å². The number of hydrogen-bond donors (Lipinski definition) is 8. The first-order valence-electron chi connectivity index (χ1n) is 16.2. The molecule has 0 spiro atoms. The number of rotatable bonds is 11. The Morgan fingerprint density at radius 1 is 0.560 bits per heavy atom. The van der Waals surface area contributed by atoms with Crippen molar-refractivity contribution in [3.63, 3.8) is 0 Å². The fraction of sp³-hybridized carbons (Fsp3) is 0.636. The van der Waals surface area contributed by atoms with Crippen LogP contribution >= 0.6 is 0 Å². The number of benzene rings is 2. The lowest BCUT2D eigenvalue weighted by Gasteiger charge is -2.39. The summed E-state index contributed by atoms with van der Waals surface area (Å²) in [5.41, 5.74) is 1.48. The van der Waals surface area contributed by atoms with Crippen LogP contribution in [0.4, 0.5) is 0 Å². The predicted molar refractivity (Wildman–Crippen MR) is 166 cm³/mol. The first kappa shape index (κ1) is 36.7. The minimum absolute atomic E-state index is 0.0658. The summed E-state index contributed by atoms with van der Waals surface area (Å²) in [6.45, 7) is -0.487. The number of fused-ring (bicyclic) bond motifs is 1. The zero-order valence-electron chi connectivity index (χ0n) is 27.6. The van der Waals surface area contributed by atoms with Crippen molar-refractivity contribution in [3.05, 3.63) is 41.5 Å². The summed E-state index contributed by atoms with van der Waals surface area (Å²) in [6.07, 6.45) is -15.5. The maximum absolute atomic E-state index is 10.5. The number of methoxy groups -OCH3 is 3. The molecule has 278 valence electrons. The van der Waals surface area contributed by atoms with E-state index in [4.69, 9.17) is 42.6 Å². The minimum Gasteiger partial charge on any atom is -0.493 e. The Kier molecular flexibility index (Phi) is 11.2.